The number of amides is 1. The highest BCUT2D eigenvalue weighted by Crippen LogP contribution is 2.29. The number of para-hydroxylation sites is 1. The van der Waals surface area contributed by atoms with Crippen LogP contribution in [0.1, 0.15) is 28.9 Å². The van der Waals surface area contributed by atoms with Crippen molar-refractivity contribution in [2.24, 2.45) is 0 Å². The lowest BCUT2D eigenvalue weighted by Gasteiger charge is -2.14. The highest BCUT2D eigenvalue weighted by Gasteiger charge is 2.13. The van der Waals surface area contributed by atoms with Gasteiger partial charge in [-0.2, -0.15) is 0 Å². The number of H-pyrrole nitrogens is 1. The van der Waals surface area contributed by atoms with Gasteiger partial charge in [0.25, 0.3) is 5.91 Å². The van der Waals surface area contributed by atoms with Gasteiger partial charge in [0.2, 0.25) is 0 Å². The molecule has 0 radical (unpaired) electrons. The van der Waals surface area contributed by atoms with Gasteiger partial charge in [-0.15, -0.1) is 0 Å². The molecule has 6 nitrogen and oxygen atoms in total. The van der Waals surface area contributed by atoms with E-state index < -0.39 is 5.76 Å². The van der Waals surface area contributed by atoms with Crippen molar-refractivity contribution in [1.29, 1.82) is 0 Å². The summed E-state index contributed by atoms with van der Waals surface area (Å²) in [4.78, 5) is 26.4. The minimum Gasteiger partial charge on any atom is -0.456 e. The normalized spacial score (nSPS) is 11.9. The Balaban J connectivity index is 1.44. The topological polar surface area (TPSA) is 84.3 Å². The number of aromatic nitrogens is 1. The van der Waals surface area contributed by atoms with Crippen LogP contribution in [0.5, 0.6) is 11.5 Å². The third-order valence-electron chi connectivity index (χ3n) is 4.47. The Hall–Kier alpha value is -3.51. The number of benzene rings is 3. The Kier molecular flexibility index (Phi) is 5.10. The second-order valence-corrected chi connectivity index (χ2v) is 6.93. The summed E-state index contributed by atoms with van der Waals surface area (Å²) < 4.78 is 10.8. The summed E-state index contributed by atoms with van der Waals surface area (Å²) in [6, 6.07) is 19.0. The zero-order valence-electron chi connectivity index (χ0n) is 15.4. The van der Waals surface area contributed by atoms with Crippen LogP contribution in [0.25, 0.3) is 11.1 Å². The van der Waals surface area contributed by atoms with Crippen molar-refractivity contribution in [3.8, 4) is 11.5 Å². The van der Waals surface area contributed by atoms with E-state index in [1.165, 1.54) is 0 Å². The van der Waals surface area contributed by atoms with Gasteiger partial charge in [-0.25, -0.2) is 4.79 Å². The van der Waals surface area contributed by atoms with E-state index in [1.54, 1.807) is 48.5 Å². The van der Waals surface area contributed by atoms with E-state index in [9.17, 15) is 9.59 Å². The summed E-state index contributed by atoms with van der Waals surface area (Å²) in [5.41, 5.74) is 2.39. The molecule has 1 amide bonds. The van der Waals surface area contributed by atoms with E-state index in [1.807, 2.05) is 25.1 Å². The highest BCUT2D eigenvalue weighted by atomic mass is 35.5. The fraction of sp³-hybridized carbons (Fsp3) is 0.0909. The monoisotopic (exact) mass is 408 g/mol. The summed E-state index contributed by atoms with van der Waals surface area (Å²) >= 11 is 6.09. The van der Waals surface area contributed by atoms with Crippen LogP contribution in [0.15, 0.2) is 75.9 Å². The average Bonchev–Trinajstić information content (AvgIpc) is 3.09. The van der Waals surface area contributed by atoms with Crippen molar-refractivity contribution in [1.82, 2.24) is 10.3 Å². The first-order valence-electron chi connectivity index (χ1n) is 8.96. The number of fused-ring (bicyclic) bond motifs is 1. The zero-order chi connectivity index (χ0) is 20.4. The first kappa shape index (κ1) is 18.8. The van der Waals surface area contributed by atoms with Crippen LogP contribution >= 0.6 is 11.6 Å². The van der Waals surface area contributed by atoms with Crippen LogP contribution in [-0.4, -0.2) is 10.9 Å². The molecule has 0 fully saturated rings. The van der Waals surface area contributed by atoms with Gasteiger partial charge < -0.3 is 14.5 Å². The van der Waals surface area contributed by atoms with E-state index in [0.29, 0.717) is 33.2 Å². The molecule has 7 heteroatoms. The standard InChI is InChI=1S/C22H17ClN2O4/c1-13(15-8-11-18-20(12-15)29-22(27)25-18)24-21(26)14-6-9-16(10-7-14)28-19-5-3-2-4-17(19)23/h2-13H,1H3,(H,24,26)(H,25,27). The molecule has 1 unspecified atom stereocenters. The molecule has 4 aromatic rings. The fourth-order valence-corrected chi connectivity index (χ4v) is 3.10. The maximum atomic E-state index is 12.6. The zero-order valence-corrected chi connectivity index (χ0v) is 16.2. The lowest BCUT2D eigenvalue weighted by Crippen LogP contribution is -2.26. The molecule has 0 aliphatic rings. The number of hydrogen-bond donors (Lipinski definition) is 2. The van der Waals surface area contributed by atoms with Crippen molar-refractivity contribution >= 4 is 28.6 Å². The van der Waals surface area contributed by atoms with Gasteiger partial charge in [0, 0.05) is 5.56 Å². The molecular weight excluding hydrogens is 392 g/mol. The summed E-state index contributed by atoms with van der Waals surface area (Å²) in [7, 11) is 0. The number of rotatable bonds is 5. The molecule has 1 atom stereocenters. The van der Waals surface area contributed by atoms with E-state index in [-0.39, 0.29) is 11.9 Å². The molecule has 2 N–H and O–H groups in total. The lowest BCUT2D eigenvalue weighted by atomic mass is 10.1. The Labute approximate surface area is 171 Å². The number of oxazole rings is 1. The molecule has 0 saturated carbocycles. The summed E-state index contributed by atoms with van der Waals surface area (Å²) in [6.07, 6.45) is 0. The number of aromatic amines is 1. The van der Waals surface area contributed by atoms with E-state index in [0.717, 1.165) is 5.56 Å². The third kappa shape index (κ3) is 4.17. The molecule has 1 aromatic heterocycles. The molecule has 0 aliphatic carbocycles. The largest absolute Gasteiger partial charge is 0.456 e. The highest BCUT2D eigenvalue weighted by molar-refractivity contribution is 6.32. The number of ether oxygens (including phenoxy) is 1. The quantitative estimate of drug-likeness (QED) is 0.483. The number of halogens is 1. The summed E-state index contributed by atoms with van der Waals surface area (Å²) in [6.45, 7) is 1.86. The van der Waals surface area contributed by atoms with Crippen LogP contribution in [-0.2, 0) is 0 Å². The lowest BCUT2D eigenvalue weighted by molar-refractivity contribution is 0.0940. The number of carbonyl (C=O) groups excluding carboxylic acids is 1. The van der Waals surface area contributed by atoms with Crippen molar-refractivity contribution in [3.05, 3.63) is 93.4 Å². The average molecular weight is 409 g/mol. The number of nitrogens with one attached hydrogen (secondary N) is 2. The van der Waals surface area contributed by atoms with E-state index >= 15 is 0 Å². The third-order valence-corrected chi connectivity index (χ3v) is 4.79. The van der Waals surface area contributed by atoms with Gasteiger partial charge in [0.15, 0.2) is 5.58 Å². The Bertz CT molecular complexity index is 1230. The Morgan fingerprint density at radius 1 is 1.10 bits per heavy atom. The molecule has 0 spiro atoms. The predicted molar refractivity (Wildman–Crippen MR) is 111 cm³/mol. The second kappa shape index (κ2) is 7.85. The van der Waals surface area contributed by atoms with E-state index in [2.05, 4.69) is 10.3 Å². The molecule has 0 saturated heterocycles. The first-order valence-corrected chi connectivity index (χ1v) is 9.33. The molecule has 29 heavy (non-hydrogen) atoms. The summed E-state index contributed by atoms with van der Waals surface area (Å²) in [5.74, 6) is 0.396. The predicted octanol–water partition coefficient (Wildman–Crippen LogP) is 5.06. The van der Waals surface area contributed by atoms with Gasteiger partial charge in [-0.1, -0.05) is 29.8 Å². The Morgan fingerprint density at radius 3 is 2.62 bits per heavy atom. The minimum absolute atomic E-state index is 0.225. The van der Waals surface area contributed by atoms with Crippen molar-refractivity contribution in [3.63, 3.8) is 0 Å². The number of carbonyl (C=O) groups is 1. The van der Waals surface area contributed by atoms with Crippen LogP contribution in [0.2, 0.25) is 5.02 Å². The maximum Gasteiger partial charge on any atom is 0.417 e. The molecule has 0 aliphatic heterocycles. The smallest absolute Gasteiger partial charge is 0.417 e. The second-order valence-electron chi connectivity index (χ2n) is 6.52. The first-order chi connectivity index (χ1) is 14.0. The van der Waals surface area contributed by atoms with Crippen LogP contribution in [0.4, 0.5) is 0 Å². The van der Waals surface area contributed by atoms with Crippen molar-refractivity contribution < 1.29 is 13.9 Å². The fourth-order valence-electron chi connectivity index (χ4n) is 2.92. The summed E-state index contributed by atoms with van der Waals surface area (Å²) in [5, 5.41) is 3.44. The molecule has 3 aromatic carbocycles. The molecule has 4 rings (SSSR count). The van der Waals surface area contributed by atoms with Gasteiger partial charge in [0.1, 0.15) is 11.5 Å². The van der Waals surface area contributed by atoms with Gasteiger partial charge in [-0.05, 0) is 61.0 Å². The molecule has 146 valence electrons. The SMILES string of the molecule is CC(NC(=O)c1ccc(Oc2ccccc2Cl)cc1)c1ccc2[nH]c(=O)oc2c1. The van der Waals surface area contributed by atoms with E-state index in [4.69, 9.17) is 20.8 Å². The van der Waals surface area contributed by atoms with Crippen LogP contribution < -0.4 is 15.8 Å². The van der Waals surface area contributed by atoms with Crippen LogP contribution in [0, 0.1) is 0 Å². The van der Waals surface area contributed by atoms with Gasteiger partial charge in [0.05, 0.1) is 16.6 Å². The van der Waals surface area contributed by atoms with Crippen molar-refractivity contribution in [2.45, 2.75) is 13.0 Å². The molecule has 1 heterocycles. The maximum absolute atomic E-state index is 12.6. The van der Waals surface area contributed by atoms with Crippen molar-refractivity contribution in [2.75, 3.05) is 0 Å². The Morgan fingerprint density at radius 2 is 1.86 bits per heavy atom. The van der Waals surface area contributed by atoms with Crippen LogP contribution in [0.3, 0.4) is 0 Å². The molecule has 0 bridgehead atoms. The van der Waals surface area contributed by atoms with Gasteiger partial charge in [-0.3, -0.25) is 9.78 Å². The number of hydrogen-bond acceptors (Lipinski definition) is 4. The molecular formula is C22H17ClN2O4. The minimum atomic E-state index is -0.507. The van der Waals surface area contributed by atoms with Gasteiger partial charge >= 0.3 is 5.76 Å².